The molecule has 1 aromatic carbocycles. The Labute approximate surface area is 114 Å². The van der Waals surface area contributed by atoms with Crippen molar-refractivity contribution in [3.8, 4) is 0 Å². The van der Waals surface area contributed by atoms with Gasteiger partial charge in [0, 0.05) is 0 Å². The largest absolute Gasteiger partial charge is 0.394 e. The molecule has 1 heterocycles. The standard InChI is InChI=1S/C11H12Cl2N2O3/c12-7-1-9-10(2-8(7)13)15(4-6(17)5-16)11(18)3-14-9/h1-2,6,14,16-17H,3-5H2. The Morgan fingerprint density at radius 2 is 2.06 bits per heavy atom. The van der Waals surface area contributed by atoms with Crippen molar-refractivity contribution in [3.63, 3.8) is 0 Å². The fraction of sp³-hybridized carbons (Fsp3) is 0.364. The molecule has 98 valence electrons. The summed E-state index contributed by atoms with van der Waals surface area (Å²) >= 11 is 11.8. The fourth-order valence-corrected chi connectivity index (χ4v) is 2.09. The number of carbonyl (C=O) groups is 1. The second-order valence-electron chi connectivity index (χ2n) is 3.98. The number of nitrogens with zero attached hydrogens (tertiary/aromatic N) is 1. The number of halogens is 2. The third-order valence-electron chi connectivity index (χ3n) is 2.66. The third kappa shape index (κ3) is 2.54. The lowest BCUT2D eigenvalue weighted by atomic mass is 10.1. The molecule has 1 aromatic rings. The highest BCUT2D eigenvalue weighted by molar-refractivity contribution is 6.42. The molecular formula is C11H12Cl2N2O3. The van der Waals surface area contributed by atoms with Crippen molar-refractivity contribution in [2.75, 3.05) is 29.9 Å². The van der Waals surface area contributed by atoms with Crippen LogP contribution in [0.1, 0.15) is 0 Å². The summed E-state index contributed by atoms with van der Waals surface area (Å²) in [6.45, 7) is -0.279. The molecule has 18 heavy (non-hydrogen) atoms. The number of hydrogen-bond acceptors (Lipinski definition) is 4. The fourth-order valence-electron chi connectivity index (χ4n) is 1.77. The quantitative estimate of drug-likeness (QED) is 0.780. The second-order valence-corrected chi connectivity index (χ2v) is 4.79. The Morgan fingerprint density at radius 3 is 2.72 bits per heavy atom. The van der Waals surface area contributed by atoms with Crippen LogP contribution in [0.25, 0.3) is 0 Å². The monoisotopic (exact) mass is 290 g/mol. The van der Waals surface area contributed by atoms with Crippen LogP contribution >= 0.6 is 23.2 Å². The molecule has 7 heteroatoms. The Hall–Kier alpha value is -1.01. The minimum Gasteiger partial charge on any atom is -0.394 e. The lowest BCUT2D eigenvalue weighted by Crippen LogP contribution is -2.44. The number of amides is 1. The normalized spacial score (nSPS) is 16.2. The van der Waals surface area contributed by atoms with Crippen molar-refractivity contribution < 1.29 is 15.0 Å². The molecule has 0 saturated heterocycles. The maximum atomic E-state index is 11.8. The van der Waals surface area contributed by atoms with E-state index in [1.165, 1.54) is 4.90 Å². The van der Waals surface area contributed by atoms with Crippen LogP contribution in [-0.2, 0) is 4.79 Å². The summed E-state index contributed by atoms with van der Waals surface area (Å²) in [7, 11) is 0. The molecule has 0 spiro atoms. The van der Waals surface area contributed by atoms with Crippen molar-refractivity contribution in [3.05, 3.63) is 22.2 Å². The van der Waals surface area contributed by atoms with Crippen LogP contribution in [0.4, 0.5) is 11.4 Å². The molecule has 0 saturated carbocycles. The predicted molar refractivity (Wildman–Crippen MR) is 70.4 cm³/mol. The average Bonchev–Trinajstić information content (AvgIpc) is 2.35. The Balaban J connectivity index is 2.37. The minimum atomic E-state index is -0.991. The van der Waals surface area contributed by atoms with Crippen LogP contribution in [0.2, 0.25) is 10.0 Å². The lowest BCUT2D eigenvalue weighted by Gasteiger charge is -2.31. The number of benzene rings is 1. The lowest BCUT2D eigenvalue weighted by molar-refractivity contribution is -0.117. The number of fused-ring (bicyclic) bond motifs is 1. The van der Waals surface area contributed by atoms with Crippen molar-refractivity contribution in [2.45, 2.75) is 6.10 Å². The van der Waals surface area contributed by atoms with Gasteiger partial charge in [0.05, 0.1) is 47.2 Å². The molecule has 5 nitrogen and oxygen atoms in total. The number of hydrogen-bond donors (Lipinski definition) is 3. The van der Waals surface area contributed by atoms with Gasteiger partial charge < -0.3 is 20.4 Å². The van der Waals surface area contributed by atoms with Crippen molar-refractivity contribution >= 4 is 40.5 Å². The smallest absolute Gasteiger partial charge is 0.246 e. The summed E-state index contributed by atoms with van der Waals surface area (Å²) in [6, 6.07) is 3.19. The molecular weight excluding hydrogens is 279 g/mol. The van der Waals surface area contributed by atoms with Gasteiger partial charge in [-0.2, -0.15) is 0 Å². The summed E-state index contributed by atoms with van der Waals surface area (Å²) in [4.78, 5) is 13.2. The van der Waals surface area contributed by atoms with Crippen molar-refractivity contribution in [1.82, 2.24) is 0 Å². The first-order chi connectivity index (χ1) is 8.52. The number of β-amino-alcohol motifs (C(OH)–C–C–N with tert-alkyl or cyclic N) is 1. The highest BCUT2D eigenvalue weighted by Crippen LogP contribution is 2.36. The van der Waals surface area contributed by atoms with Crippen LogP contribution < -0.4 is 10.2 Å². The Bertz CT molecular complexity index is 482. The predicted octanol–water partition coefficient (Wildman–Crippen LogP) is 1.11. The number of nitrogens with one attached hydrogen (secondary N) is 1. The zero-order chi connectivity index (χ0) is 13.3. The first kappa shape index (κ1) is 13.4. The first-order valence-electron chi connectivity index (χ1n) is 5.35. The van der Waals surface area contributed by atoms with Gasteiger partial charge in [-0.1, -0.05) is 23.2 Å². The van der Waals surface area contributed by atoms with E-state index in [4.69, 9.17) is 28.3 Å². The first-order valence-corrected chi connectivity index (χ1v) is 6.10. The van der Waals surface area contributed by atoms with Gasteiger partial charge in [0.1, 0.15) is 0 Å². The maximum absolute atomic E-state index is 11.8. The topological polar surface area (TPSA) is 72.8 Å². The molecule has 1 amide bonds. The summed E-state index contributed by atoms with van der Waals surface area (Å²) < 4.78 is 0. The number of aliphatic hydroxyl groups excluding tert-OH is 2. The van der Waals surface area contributed by atoms with E-state index in [9.17, 15) is 9.90 Å². The Kier molecular flexibility index (Phi) is 3.97. The van der Waals surface area contributed by atoms with Crippen LogP contribution in [-0.4, -0.2) is 41.9 Å². The molecule has 2 rings (SSSR count). The molecule has 0 aliphatic carbocycles. The molecule has 0 fully saturated rings. The summed E-state index contributed by atoms with van der Waals surface area (Å²) in [5.74, 6) is -0.201. The van der Waals surface area contributed by atoms with Crippen LogP contribution in [0.15, 0.2) is 12.1 Å². The van der Waals surface area contributed by atoms with E-state index in [0.717, 1.165) is 0 Å². The van der Waals surface area contributed by atoms with E-state index in [1.807, 2.05) is 0 Å². The van der Waals surface area contributed by atoms with Gasteiger partial charge in [-0.05, 0) is 12.1 Å². The Morgan fingerprint density at radius 1 is 1.39 bits per heavy atom. The van der Waals surface area contributed by atoms with Gasteiger partial charge in [-0.15, -0.1) is 0 Å². The molecule has 0 bridgehead atoms. The van der Waals surface area contributed by atoms with Gasteiger partial charge in [-0.3, -0.25) is 4.79 Å². The van der Waals surface area contributed by atoms with Gasteiger partial charge in [0.15, 0.2) is 0 Å². The number of anilines is 2. The van der Waals surface area contributed by atoms with Crippen LogP contribution in [0.3, 0.4) is 0 Å². The maximum Gasteiger partial charge on any atom is 0.246 e. The molecule has 1 aliphatic rings. The highest BCUT2D eigenvalue weighted by atomic mass is 35.5. The van der Waals surface area contributed by atoms with Gasteiger partial charge in [0.2, 0.25) is 5.91 Å². The van der Waals surface area contributed by atoms with Gasteiger partial charge in [-0.25, -0.2) is 0 Å². The van der Waals surface area contributed by atoms with Crippen LogP contribution in [0, 0.1) is 0 Å². The van der Waals surface area contributed by atoms with E-state index in [1.54, 1.807) is 12.1 Å². The van der Waals surface area contributed by atoms with Gasteiger partial charge in [0.25, 0.3) is 0 Å². The van der Waals surface area contributed by atoms with E-state index < -0.39 is 12.7 Å². The second kappa shape index (κ2) is 5.32. The minimum absolute atomic E-state index is 0.0158. The third-order valence-corrected chi connectivity index (χ3v) is 3.39. The van der Waals surface area contributed by atoms with E-state index in [2.05, 4.69) is 5.32 Å². The number of carbonyl (C=O) groups excluding carboxylic acids is 1. The molecule has 1 atom stereocenters. The number of aliphatic hydroxyl groups is 2. The summed E-state index contributed by atoms with van der Waals surface area (Å²) in [5, 5.41) is 21.9. The van der Waals surface area contributed by atoms with Crippen LogP contribution in [0.5, 0.6) is 0 Å². The van der Waals surface area contributed by atoms with E-state index >= 15 is 0 Å². The zero-order valence-corrected chi connectivity index (χ0v) is 10.9. The zero-order valence-electron chi connectivity index (χ0n) is 9.36. The SMILES string of the molecule is O=C1CNc2cc(Cl)c(Cl)cc2N1CC(O)CO. The summed E-state index contributed by atoms with van der Waals surface area (Å²) in [6.07, 6.45) is -0.991. The molecule has 1 aliphatic heterocycles. The molecule has 3 N–H and O–H groups in total. The van der Waals surface area contributed by atoms with E-state index in [-0.39, 0.29) is 19.0 Å². The summed E-state index contributed by atoms with van der Waals surface area (Å²) in [5.41, 5.74) is 1.22. The average molecular weight is 291 g/mol. The molecule has 1 unspecified atom stereocenters. The number of rotatable bonds is 3. The molecule has 0 radical (unpaired) electrons. The highest BCUT2D eigenvalue weighted by Gasteiger charge is 2.26. The van der Waals surface area contributed by atoms with Gasteiger partial charge >= 0.3 is 0 Å². The molecule has 0 aromatic heterocycles. The van der Waals surface area contributed by atoms with Crippen molar-refractivity contribution in [2.24, 2.45) is 0 Å². The van der Waals surface area contributed by atoms with Crippen molar-refractivity contribution in [1.29, 1.82) is 0 Å². The van der Waals surface area contributed by atoms with E-state index in [0.29, 0.717) is 21.4 Å².